The van der Waals surface area contributed by atoms with Gasteiger partial charge < -0.3 is 4.55 Å². The zero-order chi connectivity index (χ0) is 21.9. The molecule has 0 radical (unpaired) electrons. The van der Waals surface area contributed by atoms with E-state index in [0.29, 0.717) is 10.5 Å². The first kappa shape index (κ1) is 24.2. The van der Waals surface area contributed by atoms with E-state index < -0.39 is 15.6 Å². The van der Waals surface area contributed by atoms with Gasteiger partial charge in [-0.05, 0) is 39.8 Å². The molecule has 2 aromatic rings. The van der Waals surface area contributed by atoms with E-state index in [1.807, 2.05) is 30.3 Å². The first-order chi connectivity index (χ1) is 12.7. The highest BCUT2D eigenvalue weighted by Gasteiger charge is 2.37. The number of halogens is 3. The molecular weight excluding hydrogens is 419 g/mol. The third-order valence-corrected chi connectivity index (χ3v) is 7.07. The lowest BCUT2D eigenvalue weighted by molar-refractivity contribution is -0.383. The lowest BCUT2D eigenvalue weighted by Crippen LogP contribution is -2.24. The van der Waals surface area contributed by atoms with Crippen LogP contribution >= 0.6 is 0 Å². The predicted octanol–water partition coefficient (Wildman–Crippen LogP) is 4.59. The number of hydrogen-bond acceptors (Lipinski definition) is 5. The molecule has 0 heterocycles. The molecular formula is C17H20F3NO5S2. The topological polar surface area (TPSA) is 100 Å². The Labute approximate surface area is 164 Å². The fourth-order valence-corrected chi connectivity index (χ4v) is 5.43. The van der Waals surface area contributed by atoms with Crippen LogP contribution in [0.4, 0.5) is 18.9 Å². The summed E-state index contributed by atoms with van der Waals surface area (Å²) in [4.78, 5) is 12.1. The molecule has 0 saturated carbocycles. The Balaban J connectivity index is 0.000000416. The van der Waals surface area contributed by atoms with Gasteiger partial charge in [0.05, 0.1) is 10.3 Å². The Bertz CT molecular complexity index is 935. The van der Waals surface area contributed by atoms with Gasteiger partial charge >= 0.3 is 5.51 Å². The Hall–Kier alpha value is -1.85. The van der Waals surface area contributed by atoms with Crippen molar-refractivity contribution in [1.29, 1.82) is 0 Å². The van der Waals surface area contributed by atoms with E-state index in [-0.39, 0.29) is 21.5 Å². The summed E-state index contributed by atoms with van der Waals surface area (Å²) in [5.41, 5.74) is -5.45. The van der Waals surface area contributed by atoms with Crippen LogP contribution in [-0.2, 0) is 21.0 Å². The lowest BCUT2D eigenvalue weighted by Gasteiger charge is -2.17. The number of alkyl halides is 3. The van der Waals surface area contributed by atoms with E-state index in [2.05, 4.69) is 27.7 Å². The van der Waals surface area contributed by atoms with Crippen molar-refractivity contribution < 1.29 is 31.1 Å². The summed E-state index contributed by atoms with van der Waals surface area (Å²) in [6.45, 7) is 8.89. The third kappa shape index (κ3) is 5.82. The van der Waals surface area contributed by atoms with Crippen molar-refractivity contribution in [3.8, 4) is 0 Å². The Morgan fingerprint density at radius 1 is 0.964 bits per heavy atom. The molecule has 6 nitrogen and oxygen atoms in total. The minimum atomic E-state index is -6.09. The molecule has 0 aliphatic carbocycles. The molecule has 2 rings (SSSR count). The number of nitro benzene ring substituents is 1. The fraction of sp³-hybridized carbons (Fsp3) is 0.412. The zero-order valence-electron chi connectivity index (χ0n) is 15.6. The second-order valence-corrected chi connectivity index (χ2v) is 10.7. The minimum Gasteiger partial charge on any atom is -0.741 e. The maximum absolute atomic E-state index is 11.2. The van der Waals surface area contributed by atoms with E-state index in [1.54, 1.807) is 6.07 Å². The molecule has 0 N–H and O–H groups in total. The second kappa shape index (κ2) is 9.10. The number of fused-ring (bicyclic) bond motifs is 1. The average Bonchev–Trinajstić information content (AvgIpc) is 2.52. The molecule has 0 saturated heterocycles. The lowest BCUT2D eigenvalue weighted by atomic mass is 10.1. The number of benzene rings is 2. The van der Waals surface area contributed by atoms with E-state index in [9.17, 15) is 23.3 Å². The summed E-state index contributed by atoms with van der Waals surface area (Å²) in [6, 6.07) is 11.3. The van der Waals surface area contributed by atoms with Gasteiger partial charge in [0.25, 0.3) is 5.69 Å². The number of nitro groups is 1. The van der Waals surface area contributed by atoms with Crippen LogP contribution in [0.2, 0.25) is 0 Å². The summed E-state index contributed by atoms with van der Waals surface area (Å²) >= 11 is 0. The molecule has 156 valence electrons. The van der Waals surface area contributed by atoms with Crippen LogP contribution in [-0.4, -0.2) is 33.9 Å². The number of non-ortho nitro benzene ring substituents is 1. The second-order valence-electron chi connectivity index (χ2n) is 6.25. The molecule has 0 bridgehead atoms. The summed E-state index contributed by atoms with van der Waals surface area (Å²) in [5, 5.41) is 14.0. The summed E-state index contributed by atoms with van der Waals surface area (Å²) in [5.74, 6) is 0. The molecule has 0 unspecified atom stereocenters. The van der Waals surface area contributed by atoms with E-state index in [1.165, 1.54) is 4.90 Å². The van der Waals surface area contributed by atoms with Crippen molar-refractivity contribution >= 4 is 37.5 Å². The van der Waals surface area contributed by atoms with Gasteiger partial charge in [-0.25, -0.2) is 8.42 Å². The first-order valence-corrected chi connectivity index (χ1v) is 10.8. The Morgan fingerprint density at radius 2 is 1.39 bits per heavy atom. The SMILES string of the molecule is CC(C)[S+](c1ccc([N+](=O)[O-])c2ccccc12)C(C)C.O=S(=O)([O-])C(F)(F)F. The van der Waals surface area contributed by atoms with Crippen LogP contribution in [0.1, 0.15) is 27.7 Å². The maximum atomic E-state index is 11.2. The third-order valence-electron chi connectivity index (χ3n) is 3.61. The van der Waals surface area contributed by atoms with Crippen LogP contribution < -0.4 is 0 Å². The molecule has 0 aromatic heterocycles. The van der Waals surface area contributed by atoms with Crippen LogP contribution in [0.15, 0.2) is 41.3 Å². The van der Waals surface area contributed by atoms with Crippen LogP contribution in [0, 0.1) is 10.1 Å². The highest BCUT2D eigenvalue weighted by Crippen LogP contribution is 2.34. The Kier molecular flexibility index (Phi) is 7.86. The number of nitrogens with zero attached hydrogens (tertiary/aromatic N) is 1. The van der Waals surface area contributed by atoms with Gasteiger partial charge in [-0.1, -0.05) is 12.1 Å². The quantitative estimate of drug-likeness (QED) is 0.228. The molecule has 11 heteroatoms. The van der Waals surface area contributed by atoms with Crippen LogP contribution in [0.3, 0.4) is 0 Å². The van der Waals surface area contributed by atoms with Gasteiger partial charge in [0.15, 0.2) is 15.0 Å². The number of rotatable bonds is 4. The highest BCUT2D eigenvalue weighted by atomic mass is 32.2. The smallest absolute Gasteiger partial charge is 0.485 e. The van der Waals surface area contributed by atoms with Gasteiger partial charge in [-0.15, -0.1) is 0 Å². The van der Waals surface area contributed by atoms with Gasteiger partial charge in [0.2, 0.25) is 0 Å². The van der Waals surface area contributed by atoms with Crippen molar-refractivity contribution in [2.75, 3.05) is 0 Å². The maximum Gasteiger partial charge on any atom is 0.485 e. The largest absolute Gasteiger partial charge is 0.741 e. The molecule has 2 aromatic carbocycles. The summed E-state index contributed by atoms with van der Waals surface area (Å²) < 4.78 is 58.9. The van der Waals surface area contributed by atoms with Crippen molar-refractivity contribution in [3.05, 3.63) is 46.5 Å². The standard InChI is InChI=1S/C16H20NO2S.CHF3O3S/c1-11(2)20(12(3)4)16-10-9-15(17(18)19)13-7-5-6-8-14(13)16;2-1(3,4)8(5,6)7/h5-12H,1-4H3;(H,5,6,7)/q+1;/p-1. The highest BCUT2D eigenvalue weighted by molar-refractivity contribution is 7.98. The minimum absolute atomic E-state index is 0.0900. The van der Waals surface area contributed by atoms with Gasteiger partial charge in [0, 0.05) is 28.4 Å². The van der Waals surface area contributed by atoms with Crippen molar-refractivity contribution in [2.45, 2.75) is 48.6 Å². The summed E-state index contributed by atoms with van der Waals surface area (Å²) in [6.07, 6.45) is 0. The number of hydrogen-bond donors (Lipinski definition) is 0. The monoisotopic (exact) mass is 439 g/mol. The fourth-order valence-electron chi connectivity index (χ4n) is 2.67. The van der Waals surface area contributed by atoms with Gasteiger partial charge in [-0.2, -0.15) is 13.2 Å². The molecule has 0 atom stereocenters. The van der Waals surface area contributed by atoms with Gasteiger partial charge in [0.1, 0.15) is 10.5 Å². The molecule has 0 aliphatic rings. The van der Waals surface area contributed by atoms with E-state index in [0.717, 1.165) is 10.8 Å². The molecule has 0 aliphatic heterocycles. The van der Waals surface area contributed by atoms with Crippen molar-refractivity contribution in [2.24, 2.45) is 0 Å². The van der Waals surface area contributed by atoms with Crippen LogP contribution in [0.25, 0.3) is 10.8 Å². The van der Waals surface area contributed by atoms with E-state index in [4.69, 9.17) is 13.0 Å². The molecule has 0 amide bonds. The normalized spacial score (nSPS) is 12.4. The zero-order valence-corrected chi connectivity index (χ0v) is 17.2. The molecule has 28 heavy (non-hydrogen) atoms. The van der Waals surface area contributed by atoms with E-state index >= 15 is 0 Å². The summed E-state index contributed by atoms with van der Waals surface area (Å²) in [7, 11) is -6.00. The van der Waals surface area contributed by atoms with Gasteiger partial charge in [-0.3, -0.25) is 10.1 Å². The first-order valence-electron chi connectivity index (χ1n) is 8.08. The van der Waals surface area contributed by atoms with Crippen LogP contribution in [0.5, 0.6) is 0 Å². The van der Waals surface area contributed by atoms with Crippen molar-refractivity contribution in [3.63, 3.8) is 0 Å². The predicted molar refractivity (Wildman–Crippen MR) is 102 cm³/mol. The Morgan fingerprint density at radius 3 is 1.75 bits per heavy atom. The molecule has 0 fully saturated rings. The molecule has 0 spiro atoms. The average molecular weight is 439 g/mol. The van der Waals surface area contributed by atoms with Crippen molar-refractivity contribution in [1.82, 2.24) is 0 Å².